The Balaban J connectivity index is 2.09. The summed E-state index contributed by atoms with van der Waals surface area (Å²) in [5.41, 5.74) is 1.13. The maximum absolute atomic E-state index is 6.03. The maximum Gasteiger partial charge on any atom is 0.0845 e. The number of nitrogens with one attached hydrogen (secondary N) is 1. The predicted molar refractivity (Wildman–Crippen MR) is 71.6 cm³/mol. The van der Waals surface area contributed by atoms with Gasteiger partial charge in [0, 0.05) is 23.5 Å². The third kappa shape index (κ3) is 3.01. The van der Waals surface area contributed by atoms with Crippen molar-refractivity contribution in [1.82, 2.24) is 5.32 Å². The van der Waals surface area contributed by atoms with Crippen LogP contribution in [-0.2, 0) is 11.2 Å². The number of hydrogen-bond donors (Lipinski definition) is 1. The fourth-order valence-corrected chi connectivity index (χ4v) is 2.43. The normalized spacial score (nSPS) is 33.6. The Morgan fingerprint density at radius 1 is 1.35 bits per heavy atom. The summed E-state index contributed by atoms with van der Waals surface area (Å²) in [6.07, 6.45) is 0.908. The van der Waals surface area contributed by atoms with Crippen molar-refractivity contribution >= 4 is 11.6 Å². The van der Waals surface area contributed by atoms with Crippen LogP contribution in [0.3, 0.4) is 0 Å². The number of ether oxygens (including phenoxy) is 1. The zero-order valence-electron chi connectivity index (χ0n) is 10.7. The minimum atomic E-state index is -0.139. The van der Waals surface area contributed by atoms with E-state index in [4.69, 9.17) is 16.3 Å². The first-order valence-corrected chi connectivity index (χ1v) is 6.52. The van der Waals surface area contributed by atoms with Gasteiger partial charge in [0.15, 0.2) is 0 Å². The second kappa shape index (κ2) is 4.97. The Bertz CT molecular complexity index is 378. The molecule has 0 saturated carbocycles. The molecule has 3 heteroatoms. The van der Waals surface area contributed by atoms with Crippen molar-refractivity contribution in [1.29, 1.82) is 0 Å². The van der Waals surface area contributed by atoms with E-state index >= 15 is 0 Å². The highest BCUT2D eigenvalue weighted by atomic mass is 35.5. The summed E-state index contributed by atoms with van der Waals surface area (Å²) in [4.78, 5) is 0. The van der Waals surface area contributed by atoms with Gasteiger partial charge >= 0.3 is 0 Å². The molecule has 17 heavy (non-hydrogen) atoms. The van der Waals surface area contributed by atoms with Crippen LogP contribution in [0.4, 0.5) is 0 Å². The van der Waals surface area contributed by atoms with E-state index in [1.165, 1.54) is 5.56 Å². The van der Waals surface area contributed by atoms with E-state index in [0.717, 1.165) is 18.1 Å². The molecule has 1 aliphatic heterocycles. The molecule has 1 fully saturated rings. The van der Waals surface area contributed by atoms with E-state index in [1.807, 2.05) is 12.1 Å². The van der Waals surface area contributed by atoms with Gasteiger partial charge < -0.3 is 10.1 Å². The average molecular weight is 254 g/mol. The second-order valence-electron chi connectivity index (χ2n) is 5.22. The molecule has 0 aliphatic carbocycles. The van der Waals surface area contributed by atoms with Gasteiger partial charge in [0.1, 0.15) is 0 Å². The van der Waals surface area contributed by atoms with Crippen molar-refractivity contribution in [3.63, 3.8) is 0 Å². The minimum Gasteiger partial charge on any atom is -0.372 e. The Morgan fingerprint density at radius 3 is 2.59 bits per heavy atom. The molecule has 1 saturated heterocycles. The zero-order chi connectivity index (χ0) is 12.5. The lowest BCUT2D eigenvalue weighted by molar-refractivity contribution is -0.0942. The molecule has 94 valence electrons. The fourth-order valence-electron chi connectivity index (χ4n) is 2.30. The number of halogens is 1. The number of hydrogen-bond acceptors (Lipinski definition) is 2. The molecule has 3 atom stereocenters. The molecule has 0 radical (unpaired) electrons. The number of morpholine rings is 1. The van der Waals surface area contributed by atoms with E-state index in [0.29, 0.717) is 12.1 Å². The summed E-state index contributed by atoms with van der Waals surface area (Å²) >= 11 is 5.89. The van der Waals surface area contributed by atoms with E-state index in [2.05, 4.69) is 38.2 Å². The van der Waals surface area contributed by atoms with Crippen LogP contribution in [0, 0.1) is 0 Å². The first-order valence-electron chi connectivity index (χ1n) is 6.14. The van der Waals surface area contributed by atoms with Gasteiger partial charge in [-0.15, -0.1) is 0 Å². The van der Waals surface area contributed by atoms with Gasteiger partial charge in [-0.2, -0.15) is 0 Å². The molecule has 3 unspecified atom stereocenters. The molecule has 2 rings (SSSR count). The van der Waals surface area contributed by atoms with Crippen LogP contribution in [0.5, 0.6) is 0 Å². The summed E-state index contributed by atoms with van der Waals surface area (Å²) < 4.78 is 6.03. The Morgan fingerprint density at radius 2 is 2.00 bits per heavy atom. The van der Waals surface area contributed by atoms with E-state index in [-0.39, 0.29) is 5.60 Å². The van der Waals surface area contributed by atoms with Gasteiger partial charge in [0.25, 0.3) is 0 Å². The molecule has 0 bridgehead atoms. The van der Waals surface area contributed by atoms with Gasteiger partial charge in [-0.25, -0.2) is 0 Å². The van der Waals surface area contributed by atoms with Crippen molar-refractivity contribution in [2.24, 2.45) is 0 Å². The monoisotopic (exact) mass is 253 g/mol. The van der Waals surface area contributed by atoms with Crippen molar-refractivity contribution in [2.75, 3.05) is 6.61 Å². The molecule has 0 spiro atoms. The predicted octanol–water partition coefficient (Wildman–Crippen LogP) is 3.04. The largest absolute Gasteiger partial charge is 0.372 e. The molecule has 1 aromatic carbocycles. The van der Waals surface area contributed by atoms with E-state index in [1.54, 1.807) is 0 Å². The van der Waals surface area contributed by atoms with Gasteiger partial charge in [-0.3, -0.25) is 0 Å². The lowest BCUT2D eigenvalue weighted by Crippen LogP contribution is -2.59. The topological polar surface area (TPSA) is 21.3 Å². The first-order chi connectivity index (χ1) is 7.99. The number of benzene rings is 1. The summed E-state index contributed by atoms with van der Waals surface area (Å²) in [5, 5.41) is 4.33. The summed E-state index contributed by atoms with van der Waals surface area (Å²) in [6.45, 7) is 7.28. The molecule has 1 N–H and O–H groups in total. The lowest BCUT2D eigenvalue weighted by Gasteiger charge is -2.43. The van der Waals surface area contributed by atoms with Crippen LogP contribution < -0.4 is 5.32 Å². The molecular weight excluding hydrogens is 234 g/mol. The molecule has 0 amide bonds. The van der Waals surface area contributed by atoms with Crippen LogP contribution in [0.1, 0.15) is 26.3 Å². The van der Waals surface area contributed by atoms with E-state index < -0.39 is 0 Å². The molecular formula is C14H20ClNO. The van der Waals surface area contributed by atoms with Crippen LogP contribution >= 0.6 is 11.6 Å². The Kier molecular flexibility index (Phi) is 3.76. The molecule has 1 aliphatic rings. The SMILES string of the molecule is CC1COC(C)(Cc2ccc(Cl)cc2)C(C)N1. The van der Waals surface area contributed by atoms with Crippen LogP contribution in [0.2, 0.25) is 5.02 Å². The van der Waals surface area contributed by atoms with Crippen molar-refractivity contribution in [3.05, 3.63) is 34.9 Å². The Labute approximate surface area is 108 Å². The highest BCUT2D eigenvalue weighted by molar-refractivity contribution is 6.30. The quantitative estimate of drug-likeness (QED) is 0.875. The van der Waals surface area contributed by atoms with Gasteiger partial charge in [-0.05, 0) is 38.5 Å². The molecule has 1 aromatic rings. The van der Waals surface area contributed by atoms with Crippen LogP contribution in [0.25, 0.3) is 0 Å². The van der Waals surface area contributed by atoms with Gasteiger partial charge in [-0.1, -0.05) is 23.7 Å². The minimum absolute atomic E-state index is 0.139. The maximum atomic E-state index is 6.03. The molecule has 2 nitrogen and oxygen atoms in total. The average Bonchev–Trinajstić information content (AvgIpc) is 2.28. The molecule has 1 heterocycles. The van der Waals surface area contributed by atoms with Crippen LogP contribution in [0.15, 0.2) is 24.3 Å². The van der Waals surface area contributed by atoms with E-state index in [9.17, 15) is 0 Å². The zero-order valence-corrected chi connectivity index (χ0v) is 11.4. The third-order valence-corrected chi connectivity index (χ3v) is 3.83. The smallest absolute Gasteiger partial charge is 0.0845 e. The van der Waals surface area contributed by atoms with Crippen molar-refractivity contribution < 1.29 is 4.74 Å². The first kappa shape index (κ1) is 12.9. The van der Waals surface area contributed by atoms with Gasteiger partial charge in [0.05, 0.1) is 12.2 Å². The molecule has 0 aromatic heterocycles. The summed E-state index contributed by atoms with van der Waals surface area (Å²) in [5.74, 6) is 0. The second-order valence-corrected chi connectivity index (χ2v) is 5.65. The van der Waals surface area contributed by atoms with Crippen molar-refractivity contribution in [2.45, 2.75) is 44.9 Å². The van der Waals surface area contributed by atoms with Crippen LogP contribution in [-0.4, -0.2) is 24.3 Å². The fraction of sp³-hybridized carbons (Fsp3) is 0.571. The summed E-state index contributed by atoms with van der Waals surface area (Å²) in [7, 11) is 0. The third-order valence-electron chi connectivity index (χ3n) is 3.58. The number of rotatable bonds is 2. The van der Waals surface area contributed by atoms with Gasteiger partial charge in [0.2, 0.25) is 0 Å². The standard InChI is InChI=1S/C14H20ClNO/c1-10-9-17-14(3,11(2)16-10)8-12-4-6-13(15)7-5-12/h4-7,10-11,16H,8-9H2,1-3H3. The Hall–Kier alpha value is -0.570. The summed E-state index contributed by atoms with van der Waals surface area (Å²) in [6, 6.07) is 8.79. The highest BCUT2D eigenvalue weighted by Gasteiger charge is 2.36. The highest BCUT2D eigenvalue weighted by Crippen LogP contribution is 2.26. The lowest BCUT2D eigenvalue weighted by atomic mass is 9.88. The van der Waals surface area contributed by atoms with Crippen molar-refractivity contribution in [3.8, 4) is 0 Å².